The van der Waals surface area contributed by atoms with Gasteiger partial charge in [0.2, 0.25) is 12.5 Å². The number of ether oxygens (including phenoxy) is 4. The first-order chi connectivity index (χ1) is 12.2. The Morgan fingerprint density at radius 2 is 1.88 bits per heavy atom. The zero-order valence-corrected chi connectivity index (χ0v) is 14.1. The quantitative estimate of drug-likeness (QED) is 0.875. The van der Waals surface area contributed by atoms with Gasteiger partial charge in [0.1, 0.15) is 0 Å². The average molecular weight is 341 g/mol. The molecule has 0 bridgehead atoms. The van der Waals surface area contributed by atoms with E-state index in [1.165, 1.54) is 0 Å². The molecule has 1 aliphatic carbocycles. The Morgan fingerprint density at radius 1 is 1.12 bits per heavy atom. The molecule has 0 saturated carbocycles. The van der Waals surface area contributed by atoms with E-state index in [4.69, 9.17) is 18.9 Å². The summed E-state index contributed by atoms with van der Waals surface area (Å²) in [5.74, 6) is 2.62. The lowest BCUT2D eigenvalue weighted by Crippen LogP contribution is -2.34. The Labute approximate surface area is 145 Å². The second-order valence-corrected chi connectivity index (χ2v) is 6.51. The van der Waals surface area contributed by atoms with Crippen LogP contribution in [-0.4, -0.2) is 32.7 Å². The highest BCUT2D eigenvalue weighted by atomic mass is 16.7. The van der Waals surface area contributed by atoms with Gasteiger partial charge < -0.3 is 29.4 Å². The first-order valence-corrected chi connectivity index (χ1v) is 8.38. The Morgan fingerprint density at radius 3 is 2.64 bits per heavy atom. The molecule has 2 N–H and O–H groups in total. The van der Waals surface area contributed by atoms with Crippen molar-refractivity contribution in [3.05, 3.63) is 28.8 Å². The van der Waals surface area contributed by atoms with Gasteiger partial charge in [-0.15, -0.1) is 0 Å². The largest absolute Gasteiger partial charge is 0.504 e. The standard InChI is InChI=1S/C19H19NO5/c1-22-18-10-3-4-20-12-5-9-6-13-14(25-8-24-13)7-11(9)16(15(10)12)17(21)19(18)23-2/h6-7,12,20-21H,3-5,8H2,1-2H3/t12-/m0/s1. The number of hydrogen-bond acceptors (Lipinski definition) is 6. The van der Waals surface area contributed by atoms with Crippen molar-refractivity contribution in [1.82, 2.24) is 5.32 Å². The normalized spacial score (nSPS) is 19.2. The lowest BCUT2D eigenvalue weighted by Gasteiger charge is -2.36. The maximum atomic E-state index is 11.0. The van der Waals surface area contributed by atoms with Crippen molar-refractivity contribution < 1.29 is 24.1 Å². The van der Waals surface area contributed by atoms with E-state index >= 15 is 0 Å². The van der Waals surface area contributed by atoms with Crippen LogP contribution in [0.25, 0.3) is 11.1 Å². The van der Waals surface area contributed by atoms with Crippen LogP contribution >= 0.6 is 0 Å². The molecular formula is C19H19NO5. The Hall–Kier alpha value is -2.60. The van der Waals surface area contributed by atoms with Crippen LogP contribution in [-0.2, 0) is 12.8 Å². The van der Waals surface area contributed by atoms with Gasteiger partial charge >= 0.3 is 0 Å². The summed E-state index contributed by atoms with van der Waals surface area (Å²) in [6.07, 6.45) is 1.67. The van der Waals surface area contributed by atoms with Crippen molar-refractivity contribution in [2.75, 3.05) is 27.6 Å². The topological polar surface area (TPSA) is 69.2 Å². The van der Waals surface area contributed by atoms with Crippen LogP contribution in [0.15, 0.2) is 12.1 Å². The van der Waals surface area contributed by atoms with E-state index in [1.807, 2.05) is 12.1 Å². The van der Waals surface area contributed by atoms with Gasteiger partial charge in [0.15, 0.2) is 23.0 Å². The number of hydrogen-bond donors (Lipinski definition) is 2. The van der Waals surface area contributed by atoms with Gasteiger partial charge in [-0.05, 0) is 48.2 Å². The van der Waals surface area contributed by atoms with Crippen LogP contribution in [0.2, 0.25) is 0 Å². The number of nitrogens with one attached hydrogen (secondary N) is 1. The van der Waals surface area contributed by atoms with Crippen molar-refractivity contribution in [2.45, 2.75) is 18.9 Å². The molecule has 130 valence electrons. The minimum Gasteiger partial charge on any atom is -0.504 e. The summed E-state index contributed by atoms with van der Waals surface area (Å²) in [7, 11) is 3.17. The highest BCUT2D eigenvalue weighted by Crippen LogP contribution is 2.56. The molecule has 25 heavy (non-hydrogen) atoms. The molecule has 2 aliphatic heterocycles. The van der Waals surface area contributed by atoms with Crippen LogP contribution in [0.4, 0.5) is 0 Å². The molecule has 0 spiro atoms. The summed E-state index contributed by atoms with van der Waals surface area (Å²) in [5, 5.41) is 14.6. The van der Waals surface area contributed by atoms with Crippen LogP contribution in [0.1, 0.15) is 22.7 Å². The molecule has 2 aromatic rings. The van der Waals surface area contributed by atoms with Gasteiger partial charge in [-0.2, -0.15) is 0 Å². The van der Waals surface area contributed by atoms with Crippen LogP contribution in [0.5, 0.6) is 28.7 Å². The number of phenols is 1. The summed E-state index contributed by atoms with van der Waals surface area (Å²) in [6, 6.07) is 4.12. The van der Waals surface area contributed by atoms with E-state index in [1.54, 1.807) is 14.2 Å². The molecule has 0 saturated heterocycles. The average Bonchev–Trinajstić information content (AvgIpc) is 3.08. The van der Waals surface area contributed by atoms with Crippen molar-refractivity contribution in [3.8, 4) is 39.9 Å². The van der Waals surface area contributed by atoms with E-state index in [0.717, 1.165) is 53.0 Å². The molecule has 6 nitrogen and oxygen atoms in total. The highest BCUT2D eigenvalue weighted by molar-refractivity contribution is 5.87. The highest BCUT2D eigenvalue weighted by Gasteiger charge is 2.37. The molecule has 0 radical (unpaired) electrons. The fraction of sp³-hybridized carbons (Fsp3) is 0.368. The molecule has 6 heteroatoms. The SMILES string of the molecule is COc1c(O)c2c3c(c1OC)CCN[C@H]3Cc1cc3c(cc1-2)OCO3. The second kappa shape index (κ2) is 5.20. The Balaban J connectivity index is 1.86. The zero-order valence-electron chi connectivity index (χ0n) is 14.1. The number of methoxy groups -OCH3 is 2. The fourth-order valence-corrected chi connectivity index (χ4v) is 4.32. The van der Waals surface area contributed by atoms with Crippen LogP contribution in [0, 0.1) is 0 Å². The molecule has 2 aromatic carbocycles. The lowest BCUT2D eigenvalue weighted by molar-refractivity contribution is 0.174. The van der Waals surface area contributed by atoms with Gasteiger partial charge in [-0.25, -0.2) is 0 Å². The summed E-state index contributed by atoms with van der Waals surface area (Å²) < 4.78 is 22.1. The summed E-state index contributed by atoms with van der Waals surface area (Å²) in [4.78, 5) is 0. The molecule has 5 rings (SSSR count). The molecule has 0 aromatic heterocycles. The zero-order chi connectivity index (χ0) is 17.1. The third-order valence-corrected chi connectivity index (χ3v) is 5.34. The number of phenolic OH excluding ortho intramolecular Hbond substituents is 1. The molecule has 1 atom stereocenters. The van der Waals surface area contributed by atoms with E-state index in [9.17, 15) is 5.11 Å². The fourth-order valence-electron chi connectivity index (χ4n) is 4.32. The first kappa shape index (κ1) is 14.7. The Kier molecular flexibility index (Phi) is 3.06. The molecule has 3 aliphatic rings. The van der Waals surface area contributed by atoms with Gasteiger partial charge in [0.25, 0.3) is 0 Å². The molecule has 0 unspecified atom stereocenters. The van der Waals surface area contributed by atoms with Crippen LogP contribution < -0.4 is 24.3 Å². The van der Waals surface area contributed by atoms with Gasteiger partial charge in [0.05, 0.1) is 14.2 Å². The van der Waals surface area contributed by atoms with Gasteiger partial charge in [0, 0.05) is 17.2 Å². The van der Waals surface area contributed by atoms with Crippen molar-refractivity contribution in [3.63, 3.8) is 0 Å². The third-order valence-electron chi connectivity index (χ3n) is 5.34. The van der Waals surface area contributed by atoms with Crippen molar-refractivity contribution in [2.24, 2.45) is 0 Å². The minimum absolute atomic E-state index is 0.117. The smallest absolute Gasteiger partial charge is 0.231 e. The summed E-state index contributed by atoms with van der Waals surface area (Å²) in [5.41, 5.74) is 5.12. The molecular weight excluding hydrogens is 322 g/mol. The minimum atomic E-state index is 0.117. The predicted molar refractivity (Wildman–Crippen MR) is 90.9 cm³/mol. The van der Waals surface area contributed by atoms with E-state index in [-0.39, 0.29) is 18.6 Å². The van der Waals surface area contributed by atoms with Crippen molar-refractivity contribution in [1.29, 1.82) is 0 Å². The number of fused-ring (bicyclic) bond motifs is 3. The number of aromatic hydroxyl groups is 1. The van der Waals surface area contributed by atoms with E-state index in [2.05, 4.69) is 5.32 Å². The van der Waals surface area contributed by atoms with Crippen molar-refractivity contribution >= 4 is 0 Å². The molecule has 2 heterocycles. The third kappa shape index (κ3) is 1.88. The molecule has 0 fully saturated rings. The van der Waals surface area contributed by atoms with Crippen LogP contribution in [0.3, 0.4) is 0 Å². The number of rotatable bonds is 2. The van der Waals surface area contributed by atoms with E-state index in [0.29, 0.717) is 17.2 Å². The lowest BCUT2D eigenvalue weighted by atomic mass is 9.76. The summed E-state index contributed by atoms with van der Waals surface area (Å²) in [6.45, 7) is 1.09. The maximum Gasteiger partial charge on any atom is 0.231 e. The molecule has 0 amide bonds. The van der Waals surface area contributed by atoms with Gasteiger partial charge in [-0.1, -0.05) is 0 Å². The van der Waals surface area contributed by atoms with E-state index < -0.39 is 0 Å². The maximum absolute atomic E-state index is 11.0. The Bertz CT molecular complexity index is 892. The summed E-state index contributed by atoms with van der Waals surface area (Å²) >= 11 is 0. The second-order valence-electron chi connectivity index (χ2n) is 6.51. The number of benzene rings is 2. The monoisotopic (exact) mass is 341 g/mol. The first-order valence-electron chi connectivity index (χ1n) is 8.38. The van der Waals surface area contributed by atoms with Gasteiger partial charge in [-0.3, -0.25) is 0 Å². The predicted octanol–water partition coefficient (Wildman–Crippen LogP) is 2.55.